The number of nitrogens with one attached hydrogen (secondary N) is 2. The number of anilines is 2. The molecule has 33 heavy (non-hydrogen) atoms. The van der Waals surface area contributed by atoms with Gasteiger partial charge in [0.25, 0.3) is 0 Å². The average molecular weight is 450 g/mol. The van der Waals surface area contributed by atoms with E-state index in [4.69, 9.17) is 9.97 Å². The van der Waals surface area contributed by atoms with Crippen molar-refractivity contribution in [2.45, 2.75) is 6.92 Å². The highest BCUT2D eigenvalue weighted by Crippen LogP contribution is 2.31. The van der Waals surface area contributed by atoms with Crippen molar-refractivity contribution in [1.82, 2.24) is 29.7 Å². The van der Waals surface area contributed by atoms with Gasteiger partial charge in [0.15, 0.2) is 5.13 Å². The first-order valence-electron chi connectivity index (χ1n) is 10.5. The van der Waals surface area contributed by atoms with E-state index in [0.29, 0.717) is 0 Å². The fourth-order valence-corrected chi connectivity index (χ4v) is 4.45. The fourth-order valence-electron chi connectivity index (χ4n) is 3.72. The second-order valence-electron chi connectivity index (χ2n) is 7.67. The van der Waals surface area contributed by atoms with E-state index in [1.54, 1.807) is 23.7 Å². The number of benzene rings is 2. The van der Waals surface area contributed by atoms with Crippen LogP contribution in [0.3, 0.4) is 0 Å². The molecule has 0 aliphatic heterocycles. The summed E-state index contributed by atoms with van der Waals surface area (Å²) >= 11 is 1.57. The van der Waals surface area contributed by atoms with E-state index in [1.807, 2.05) is 52.8 Å². The smallest absolute Gasteiger partial charge is 0.187 e. The predicted octanol–water partition coefficient (Wildman–Crippen LogP) is 5.99. The van der Waals surface area contributed by atoms with Crippen LogP contribution in [-0.2, 0) is 0 Å². The van der Waals surface area contributed by atoms with Crippen LogP contribution in [0.1, 0.15) is 5.56 Å². The van der Waals surface area contributed by atoms with Gasteiger partial charge in [-0.15, -0.1) is 11.3 Å². The molecule has 4 heterocycles. The fraction of sp³-hybridized carbons (Fsp3) is 0.0400. The van der Waals surface area contributed by atoms with Crippen molar-refractivity contribution < 1.29 is 0 Å². The van der Waals surface area contributed by atoms with Crippen LogP contribution in [0.4, 0.5) is 10.8 Å². The van der Waals surface area contributed by atoms with Gasteiger partial charge in [-0.1, -0.05) is 0 Å². The number of aromatic amines is 1. The number of aryl methyl sites for hydroxylation is 1. The van der Waals surface area contributed by atoms with Crippen molar-refractivity contribution in [2.24, 2.45) is 0 Å². The molecule has 2 aromatic carbocycles. The van der Waals surface area contributed by atoms with E-state index in [1.165, 1.54) is 0 Å². The summed E-state index contributed by atoms with van der Waals surface area (Å²) in [5, 5.41) is 10.6. The van der Waals surface area contributed by atoms with Crippen molar-refractivity contribution in [3.05, 3.63) is 90.3 Å². The summed E-state index contributed by atoms with van der Waals surface area (Å²) in [5.41, 5.74) is 7.96. The van der Waals surface area contributed by atoms with Crippen LogP contribution in [0, 0.1) is 6.92 Å². The van der Waals surface area contributed by atoms with Crippen LogP contribution in [0.5, 0.6) is 0 Å². The number of aromatic nitrogens is 6. The summed E-state index contributed by atoms with van der Waals surface area (Å²) < 4.78 is 1.84. The molecule has 0 saturated carbocycles. The van der Waals surface area contributed by atoms with Crippen LogP contribution >= 0.6 is 11.3 Å². The Bertz CT molecular complexity index is 1530. The third-order valence-corrected chi connectivity index (χ3v) is 6.20. The van der Waals surface area contributed by atoms with Crippen molar-refractivity contribution in [1.29, 1.82) is 0 Å². The summed E-state index contributed by atoms with van der Waals surface area (Å²) in [6, 6.07) is 18.2. The average Bonchev–Trinajstić information content (AvgIpc) is 3.61. The molecule has 0 spiro atoms. The molecule has 2 N–H and O–H groups in total. The Morgan fingerprint density at radius 2 is 1.88 bits per heavy atom. The molecule has 4 aromatic heterocycles. The van der Waals surface area contributed by atoms with Gasteiger partial charge >= 0.3 is 0 Å². The summed E-state index contributed by atoms with van der Waals surface area (Å²) in [7, 11) is 0. The molecule has 0 bridgehead atoms. The molecule has 0 fully saturated rings. The Kier molecular flexibility index (Phi) is 4.70. The van der Waals surface area contributed by atoms with E-state index < -0.39 is 0 Å². The van der Waals surface area contributed by atoms with Gasteiger partial charge < -0.3 is 10.3 Å². The van der Waals surface area contributed by atoms with Gasteiger partial charge in [0.1, 0.15) is 5.82 Å². The topological polar surface area (TPSA) is 84.3 Å². The van der Waals surface area contributed by atoms with Crippen molar-refractivity contribution in [3.8, 4) is 28.3 Å². The molecule has 0 atom stereocenters. The summed E-state index contributed by atoms with van der Waals surface area (Å²) in [5.74, 6) is 0.835. The zero-order chi connectivity index (χ0) is 22.2. The summed E-state index contributed by atoms with van der Waals surface area (Å²) in [6.07, 6.45) is 7.28. The molecule has 8 heteroatoms. The molecule has 0 unspecified atom stereocenters. The maximum Gasteiger partial charge on any atom is 0.187 e. The minimum atomic E-state index is 0.835. The standard InChI is InChI=1S/C25H19N7S/c1-16-12-21-22(13-20(16)30-25-31-23(15-33-25)18-4-2-9-26-14-18)29-24(28-21)17-5-7-19(8-6-17)32-11-3-10-27-32/h2-15H,1H3,(H,28,29)(H,30,31). The Morgan fingerprint density at radius 1 is 0.970 bits per heavy atom. The van der Waals surface area contributed by atoms with Gasteiger partial charge in [0.05, 0.1) is 22.4 Å². The first-order chi connectivity index (χ1) is 16.2. The SMILES string of the molecule is Cc1cc2nc(-c3ccc(-n4cccn4)cc3)[nH]c2cc1Nc1nc(-c2cccnc2)cs1. The number of hydrogen-bond donors (Lipinski definition) is 2. The zero-order valence-corrected chi connectivity index (χ0v) is 18.5. The number of H-pyrrole nitrogens is 1. The van der Waals surface area contributed by atoms with Crippen LogP contribution in [0.2, 0.25) is 0 Å². The molecule has 6 aromatic rings. The summed E-state index contributed by atoms with van der Waals surface area (Å²) in [4.78, 5) is 17.1. The molecule has 0 saturated heterocycles. The number of nitrogens with zero attached hydrogens (tertiary/aromatic N) is 5. The molecule has 0 radical (unpaired) electrons. The van der Waals surface area contributed by atoms with Crippen molar-refractivity contribution >= 4 is 33.2 Å². The highest BCUT2D eigenvalue weighted by molar-refractivity contribution is 7.14. The second kappa shape index (κ2) is 7.99. The Balaban J connectivity index is 1.28. The minimum absolute atomic E-state index is 0.835. The zero-order valence-electron chi connectivity index (χ0n) is 17.7. The highest BCUT2D eigenvalue weighted by Gasteiger charge is 2.11. The van der Waals surface area contributed by atoms with E-state index in [0.717, 1.165) is 55.7 Å². The third kappa shape index (κ3) is 3.77. The monoisotopic (exact) mass is 449 g/mol. The lowest BCUT2D eigenvalue weighted by molar-refractivity contribution is 0.880. The molecule has 0 aliphatic carbocycles. The van der Waals surface area contributed by atoms with Crippen molar-refractivity contribution in [2.75, 3.05) is 5.32 Å². The number of thiazole rings is 1. The van der Waals surface area contributed by atoms with E-state index in [9.17, 15) is 0 Å². The minimum Gasteiger partial charge on any atom is -0.338 e. The molecular formula is C25H19N7S. The van der Waals surface area contributed by atoms with Crippen LogP contribution < -0.4 is 5.32 Å². The lowest BCUT2D eigenvalue weighted by Crippen LogP contribution is -1.93. The highest BCUT2D eigenvalue weighted by atomic mass is 32.1. The maximum atomic E-state index is 4.80. The van der Waals surface area contributed by atoms with Gasteiger partial charge in [-0.05, 0) is 67.1 Å². The second-order valence-corrected chi connectivity index (χ2v) is 8.53. The van der Waals surface area contributed by atoms with Gasteiger partial charge in [0, 0.05) is 47.0 Å². The number of fused-ring (bicyclic) bond motifs is 1. The first-order valence-corrected chi connectivity index (χ1v) is 11.3. The first kappa shape index (κ1) is 19.4. The largest absolute Gasteiger partial charge is 0.338 e. The molecule has 7 nitrogen and oxygen atoms in total. The van der Waals surface area contributed by atoms with Crippen LogP contribution in [-0.4, -0.2) is 29.7 Å². The number of hydrogen-bond acceptors (Lipinski definition) is 6. The summed E-state index contributed by atoms with van der Waals surface area (Å²) in [6.45, 7) is 2.07. The predicted molar refractivity (Wildman–Crippen MR) is 132 cm³/mol. The van der Waals surface area contributed by atoms with E-state index in [-0.39, 0.29) is 0 Å². The Labute approximate surface area is 193 Å². The third-order valence-electron chi connectivity index (χ3n) is 5.44. The lowest BCUT2D eigenvalue weighted by Gasteiger charge is -2.06. The van der Waals surface area contributed by atoms with Crippen LogP contribution in [0.15, 0.2) is 84.8 Å². The van der Waals surface area contributed by atoms with E-state index in [2.05, 4.69) is 51.6 Å². The van der Waals surface area contributed by atoms with Gasteiger partial charge in [0.2, 0.25) is 0 Å². The number of rotatable bonds is 5. The molecule has 6 rings (SSSR count). The Hall–Kier alpha value is -4.30. The van der Waals surface area contributed by atoms with E-state index >= 15 is 0 Å². The quantitative estimate of drug-likeness (QED) is 0.338. The molecular weight excluding hydrogens is 430 g/mol. The van der Waals surface area contributed by atoms with Gasteiger partial charge in [-0.25, -0.2) is 14.6 Å². The Morgan fingerprint density at radius 3 is 2.67 bits per heavy atom. The normalized spacial score (nSPS) is 11.2. The van der Waals surface area contributed by atoms with Crippen LogP contribution in [0.25, 0.3) is 39.4 Å². The molecule has 0 aliphatic rings. The van der Waals surface area contributed by atoms with Gasteiger partial charge in [-0.2, -0.15) is 5.10 Å². The number of pyridine rings is 1. The molecule has 160 valence electrons. The molecule has 0 amide bonds. The number of imidazole rings is 1. The van der Waals surface area contributed by atoms with Gasteiger partial charge in [-0.3, -0.25) is 4.98 Å². The lowest BCUT2D eigenvalue weighted by atomic mass is 10.2. The maximum absolute atomic E-state index is 4.80. The van der Waals surface area contributed by atoms with Crippen molar-refractivity contribution in [3.63, 3.8) is 0 Å².